The van der Waals surface area contributed by atoms with Gasteiger partial charge in [-0.15, -0.1) is 0 Å². The molecule has 1 saturated heterocycles. The van der Waals surface area contributed by atoms with Crippen LogP contribution in [0.4, 0.5) is 19.3 Å². The summed E-state index contributed by atoms with van der Waals surface area (Å²) in [6, 6.07) is 19.4. The van der Waals surface area contributed by atoms with Crippen molar-refractivity contribution in [3.05, 3.63) is 107 Å². The summed E-state index contributed by atoms with van der Waals surface area (Å²) in [7, 11) is 1.61. The van der Waals surface area contributed by atoms with Crippen LogP contribution in [0.25, 0.3) is 0 Å². The summed E-state index contributed by atoms with van der Waals surface area (Å²) in [4.78, 5) is 17.2. The highest BCUT2D eigenvalue weighted by atomic mass is 32.2. The number of methoxy groups -OCH3 is 1. The Bertz CT molecular complexity index is 1340. The lowest BCUT2D eigenvalue weighted by Gasteiger charge is -2.20. The van der Waals surface area contributed by atoms with Crippen LogP contribution in [0.15, 0.2) is 94.0 Å². The molecule has 9 heteroatoms. The Hall–Kier alpha value is -3.98. The van der Waals surface area contributed by atoms with E-state index in [1.54, 1.807) is 30.5 Å². The number of carbonyl (C=O) groups is 1. The minimum Gasteiger partial charge on any atom is -0.497 e. The first-order valence-electron chi connectivity index (χ1n) is 10.8. The number of hydrogen-bond acceptors (Lipinski definition) is 6. The summed E-state index contributed by atoms with van der Waals surface area (Å²) in [5.74, 6) is 0.421. The van der Waals surface area contributed by atoms with Crippen LogP contribution >= 0.6 is 11.8 Å². The van der Waals surface area contributed by atoms with E-state index in [9.17, 15) is 13.6 Å². The van der Waals surface area contributed by atoms with Gasteiger partial charge in [-0.1, -0.05) is 12.1 Å². The standard InChI is InChI=1S/C26H20F2N4O2S/c1-34-21-12-4-16(5-13-21)22-14-23(17-2-6-18(27)7-3-17)32(31-22)15-24-25(30-26(33)35-24)29-20-10-8-19(28)9-11-20/h2-13,15,23H,14H2,1H3,(H,29,30,33)/b24-15-. The van der Waals surface area contributed by atoms with Crippen molar-refractivity contribution in [1.29, 1.82) is 0 Å². The first kappa shape index (κ1) is 22.8. The summed E-state index contributed by atoms with van der Waals surface area (Å²) in [6.07, 6.45) is 2.34. The highest BCUT2D eigenvalue weighted by Gasteiger charge is 2.31. The summed E-state index contributed by atoms with van der Waals surface area (Å²) in [6.45, 7) is 0. The highest BCUT2D eigenvalue weighted by Crippen LogP contribution is 2.36. The van der Waals surface area contributed by atoms with Crippen molar-refractivity contribution in [3.8, 4) is 5.75 Å². The van der Waals surface area contributed by atoms with Crippen molar-refractivity contribution in [2.45, 2.75) is 12.5 Å². The molecule has 2 aliphatic rings. The van der Waals surface area contributed by atoms with Crippen LogP contribution < -0.4 is 10.1 Å². The number of nitrogens with zero attached hydrogens (tertiary/aromatic N) is 3. The first-order chi connectivity index (χ1) is 17.0. The second-order valence-electron chi connectivity index (χ2n) is 7.87. The van der Waals surface area contributed by atoms with Crippen molar-refractivity contribution in [2.24, 2.45) is 10.1 Å². The largest absolute Gasteiger partial charge is 0.497 e. The van der Waals surface area contributed by atoms with Gasteiger partial charge in [-0.3, -0.25) is 9.80 Å². The Morgan fingerprint density at radius 1 is 1.03 bits per heavy atom. The third-order valence-corrected chi connectivity index (χ3v) is 6.40. The number of amidine groups is 1. The van der Waals surface area contributed by atoms with E-state index in [1.165, 1.54) is 36.4 Å². The fourth-order valence-electron chi connectivity index (χ4n) is 3.83. The van der Waals surface area contributed by atoms with Crippen LogP contribution in [0.1, 0.15) is 23.6 Å². The van der Waals surface area contributed by atoms with E-state index in [4.69, 9.17) is 9.84 Å². The van der Waals surface area contributed by atoms with E-state index >= 15 is 0 Å². The van der Waals surface area contributed by atoms with Gasteiger partial charge in [-0.25, -0.2) is 13.8 Å². The van der Waals surface area contributed by atoms with Gasteiger partial charge in [-0.05, 0) is 83.6 Å². The molecule has 0 spiro atoms. The van der Waals surface area contributed by atoms with Crippen molar-refractivity contribution in [2.75, 3.05) is 7.11 Å². The van der Waals surface area contributed by atoms with Crippen molar-refractivity contribution < 1.29 is 18.3 Å². The molecule has 3 aromatic rings. The molecule has 0 saturated carbocycles. The zero-order chi connectivity index (χ0) is 24.4. The van der Waals surface area contributed by atoms with Crippen LogP contribution in [-0.4, -0.2) is 28.9 Å². The zero-order valence-corrected chi connectivity index (χ0v) is 19.4. The van der Waals surface area contributed by atoms with Gasteiger partial charge in [-0.2, -0.15) is 5.10 Å². The number of halogens is 2. The number of aliphatic imine (C=N–C) groups is 1. The summed E-state index contributed by atoms with van der Waals surface area (Å²) in [5, 5.41) is 9.05. The molecule has 2 heterocycles. The highest BCUT2D eigenvalue weighted by molar-refractivity contribution is 8.18. The van der Waals surface area contributed by atoms with Crippen LogP contribution in [0.3, 0.4) is 0 Å². The van der Waals surface area contributed by atoms with Gasteiger partial charge in [0.25, 0.3) is 5.24 Å². The Morgan fingerprint density at radius 3 is 2.34 bits per heavy atom. The molecule has 0 radical (unpaired) electrons. The van der Waals surface area contributed by atoms with Gasteiger partial charge >= 0.3 is 0 Å². The zero-order valence-electron chi connectivity index (χ0n) is 18.6. The van der Waals surface area contributed by atoms with Gasteiger partial charge < -0.3 is 10.1 Å². The normalized spacial score (nSPS) is 19.9. The van der Waals surface area contributed by atoms with Crippen molar-refractivity contribution in [1.82, 2.24) is 10.3 Å². The molecule has 0 aromatic heterocycles. The van der Waals surface area contributed by atoms with Crippen LogP contribution in [0, 0.1) is 11.6 Å². The molecule has 1 N–H and O–H groups in total. The molecule has 5 rings (SSSR count). The van der Waals surface area contributed by atoms with Gasteiger partial charge in [0.2, 0.25) is 0 Å². The Morgan fingerprint density at radius 2 is 1.69 bits per heavy atom. The Balaban J connectivity index is 1.51. The minimum atomic E-state index is -0.367. The molecule has 1 unspecified atom stereocenters. The molecular formula is C26H20F2N4O2S. The number of hydrazone groups is 1. The Kier molecular flexibility index (Phi) is 6.33. The molecular weight excluding hydrogens is 470 g/mol. The number of ether oxygens (including phenoxy) is 1. The third kappa shape index (κ3) is 5.09. The van der Waals surface area contributed by atoms with E-state index in [0.717, 1.165) is 34.3 Å². The average molecular weight is 491 g/mol. The van der Waals surface area contributed by atoms with Gasteiger partial charge in [0.1, 0.15) is 23.2 Å². The molecule has 3 aromatic carbocycles. The predicted molar refractivity (Wildman–Crippen MR) is 133 cm³/mol. The topological polar surface area (TPSA) is 66.3 Å². The number of benzene rings is 3. The smallest absolute Gasteiger partial charge is 0.289 e. The van der Waals surface area contributed by atoms with Crippen LogP contribution in [-0.2, 0) is 0 Å². The second kappa shape index (κ2) is 9.71. The molecule has 1 amide bonds. The minimum absolute atomic E-state index is 0.205. The lowest BCUT2D eigenvalue weighted by molar-refractivity contribution is 0.265. The molecule has 6 nitrogen and oxygen atoms in total. The number of rotatable bonds is 5. The molecule has 0 bridgehead atoms. The van der Waals surface area contributed by atoms with Crippen LogP contribution in [0.2, 0.25) is 0 Å². The SMILES string of the molecule is COc1ccc(C2=NN(/C=C3\SC(=O)NC3=Nc3ccc(F)cc3)C(c3ccc(F)cc3)C2)cc1. The molecule has 35 heavy (non-hydrogen) atoms. The maximum Gasteiger partial charge on any atom is 0.289 e. The summed E-state index contributed by atoms with van der Waals surface area (Å²) >= 11 is 1.00. The second-order valence-corrected chi connectivity index (χ2v) is 8.89. The van der Waals surface area contributed by atoms with E-state index in [2.05, 4.69) is 10.3 Å². The summed E-state index contributed by atoms with van der Waals surface area (Å²) in [5.41, 5.74) is 3.18. The van der Waals surface area contributed by atoms with Gasteiger partial charge in [0.05, 0.1) is 29.5 Å². The average Bonchev–Trinajstić information content (AvgIpc) is 3.44. The number of nitrogens with one attached hydrogen (secondary N) is 1. The van der Waals surface area contributed by atoms with Crippen molar-refractivity contribution in [3.63, 3.8) is 0 Å². The summed E-state index contributed by atoms with van der Waals surface area (Å²) < 4.78 is 32.1. The molecule has 1 fully saturated rings. The quantitative estimate of drug-likeness (QED) is 0.466. The number of thioether (sulfide) groups is 1. The predicted octanol–water partition coefficient (Wildman–Crippen LogP) is 6.15. The number of amides is 1. The third-order valence-electron chi connectivity index (χ3n) is 5.59. The Labute approximate surface area is 205 Å². The molecule has 1 atom stereocenters. The van der Waals surface area contributed by atoms with Crippen molar-refractivity contribution >= 4 is 34.2 Å². The maximum absolute atomic E-state index is 13.6. The fourth-order valence-corrected chi connectivity index (χ4v) is 4.53. The lowest BCUT2D eigenvalue weighted by Crippen LogP contribution is -2.20. The van der Waals surface area contributed by atoms with Crippen LogP contribution in [0.5, 0.6) is 5.75 Å². The maximum atomic E-state index is 13.6. The van der Waals surface area contributed by atoms with E-state index < -0.39 is 0 Å². The van der Waals surface area contributed by atoms with E-state index in [1.807, 2.05) is 24.3 Å². The first-order valence-corrected chi connectivity index (χ1v) is 11.6. The lowest BCUT2D eigenvalue weighted by atomic mass is 9.98. The van der Waals surface area contributed by atoms with Gasteiger partial charge in [0.15, 0.2) is 0 Å². The number of hydrogen-bond donors (Lipinski definition) is 1. The number of carbonyl (C=O) groups excluding carboxylic acids is 1. The monoisotopic (exact) mass is 490 g/mol. The molecule has 0 aliphatic carbocycles. The molecule has 176 valence electrons. The molecule has 2 aliphatic heterocycles. The fraction of sp³-hybridized carbons (Fsp3) is 0.115. The van der Waals surface area contributed by atoms with E-state index in [-0.39, 0.29) is 22.9 Å². The van der Waals surface area contributed by atoms with Gasteiger partial charge in [0, 0.05) is 12.6 Å². The van der Waals surface area contributed by atoms with E-state index in [0.29, 0.717) is 22.8 Å².